The van der Waals surface area contributed by atoms with E-state index in [4.69, 9.17) is 0 Å². The van der Waals surface area contributed by atoms with Gasteiger partial charge in [0.25, 0.3) is 5.91 Å². The lowest BCUT2D eigenvalue weighted by Crippen LogP contribution is -2.40. The van der Waals surface area contributed by atoms with E-state index >= 15 is 0 Å². The van der Waals surface area contributed by atoms with Gasteiger partial charge in [-0.1, -0.05) is 24.3 Å². The van der Waals surface area contributed by atoms with Crippen molar-refractivity contribution in [3.63, 3.8) is 0 Å². The van der Waals surface area contributed by atoms with Gasteiger partial charge in [-0.25, -0.2) is 0 Å². The van der Waals surface area contributed by atoms with E-state index in [1.165, 1.54) is 25.0 Å². The van der Waals surface area contributed by atoms with Crippen LogP contribution in [0, 0.1) is 5.92 Å². The number of aryl methyl sites for hydroxylation is 1. The van der Waals surface area contributed by atoms with Crippen molar-refractivity contribution in [3.8, 4) is 0 Å². The Hall–Kier alpha value is -2.56. The van der Waals surface area contributed by atoms with E-state index in [0.29, 0.717) is 24.6 Å². The molecule has 1 unspecified atom stereocenters. The van der Waals surface area contributed by atoms with Gasteiger partial charge in [-0.2, -0.15) is 0 Å². The highest BCUT2D eigenvalue weighted by molar-refractivity contribution is 5.98. The Morgan fingerprint density at radius 3 is 2.85 bits per heavy atom. The number of allylic oxidation sites excluding steroid dienone is 2. The Balaban J connectivity index is 1.36. The SMILES string of the molecule is Cn1c(C(=O)NCCC(=O)N2CCCC3CCCC=C32)cc2ccccc21. The van der Waals surface area contributed by atoms with Crippen molar-refractivity contribution in [1.82, 2.24) is 14.8 Å². The van der Waals surface area contributed by atoms with E-state index < -0.39 is 0 Å². The number of hydrogen-bond donors (Lipinski definition) is 1. The molecule has 0 spiro atoms. The highest BCUT2D eigenvalue weighted by Crippen LogP contribution is 2.35. The first-order valence-corrected chi connectivity index (χ1v) is 9.98. The van der Waals surface area contributed by atoms with Crippen LogP contribution in [-0.4, -0.2) is 34.4 Å². The summed E-state index contributed by atoms with van der Waals surface area (Å²) in [6, 6.07) is 9.83. The van der Waals surface area contributed by atoms with Gasteiger partial charge in [0.15, 0.2) is 0 Å². The molecule has 142 valence electrons. The molecule has 2 aromatic rings. The zero-order valence-electron chi connectivity index (χ0n) is 15.9. The average molecular weight is 365 g/mol. The summed E-state index contributed by atoms with van der Waals surface area (Å²) < 4.78 is 1.90. The maximum Gasteiger partial charge on any atom is 0.267 e. The van der Waals surface area contributed by atoms with Crippen molar-refractivity contribution < 1.29 is 9.59 Å². The number of piperidine rings is 1. The average Bonchev–Trinajstić information content (AvgIpc) is 3.04. The van der Waals surface area contributed by atoms with Crippen molar-refractivity contribution in [1.29, 1.82) is 0 Å². The molecule has 0 saturated carbocycles. The van der Waals surface area contributed by atoms with Gasteiger partial charge < -0.3 is 14.8 Å². The van der Waals surface area contributed by atoms with Gasteiger partial charge in [-0.15, -0.1) is 0 Å². The van der Waals surface area contributed by atoms with Crippen LogP contribution in [0.15, 0.2) is 42.1 Å². The summed E-state index contributed by atoms with van der Waals surface area (Å²) in [4.78, 5) is 27.2. The number of fused-ring (bicyclic) bond motifs is 2. The number of hydrogen-bond acceptors (Lipinski definition) is 2. The molecule has 2 aliphatic rings. The first-order chi connectivity index (χ1) is 13.1. The molecular weight excluding hydrogens is 338 g/mol. The molecule has 5 heteroatoms. The summed E-state index contributed by atoms with van der Waals surface area (Å²) in [6.07, 6.45) is 8.39. The third kappa shape index (κ3) is 3.51. The summed E-state index contributed by atoms with van der Waals surface area (Å²) >= 11 is 0. The van der Waals surface area contributed by atoms with Gasteiger partial charge in [0.2, 0.25) is 5.91 Å². The number of nitrogens with zero attached hydrogens (tertiary/aromatic N) is 2. The largest absolute Gasteiger partial charge is 0.350 e. The van der Waals surface area contributed by atoms with Crippen molar-refractivity contribution >= 4 is 22.7 Å². The predicted molar refractivity (Wildman–Crippen MR) is 106 cm³/mol. The summed E-state index contributed by atoms with van der Waals surface area (Å²) in [6.45, 7) is 1.19. The summed E-state index contributed by atoms with van der Waals surface area (Å²) in [5, 5.41) is 3.96. The number of carbonyl (C=O) groups excluding carboxylic acids is 2. The van der Waals surface area contributed by atoms with Crippen molar-refractivity contribution in [2.24, 2.45) is 13.0 Å². The zero-order chi connectivity index (χ0) is 18.8. The van der Waals surface area contributed by atoms with Gasteiger partial charge in [0.1, 0.15) is 5.69 Å². The fraction of sp³-hybridized carbons (Fsp3) is 0.455. The third-order valence-electron chi connectivity index (χ3n) is 5.88. The highest BCUT2D eigenvalue weighted by Gasteiger charge is 2.29. The number of aromatic nitrogens is 1. The maximum absolute atomic E-state index is 12.7. The standard InChI is InChI=1S/C22H27N3O2/c1-24-18-10-4-3-8-17(18)15-20(24)22(27)23-13-12-21(26)25-14-6-9-16-7-2-5-11-19(16)25/h3-4,8,10-11,15-16H,2,5-7,9,12-14H2,1H3,(H,23,27). The normalized spacial score (nSPS) is 19.5. The number of carbonyl (C=O) groups is 2. The van der Waals surface area contributed by atoms with Crippen LogP contribution in [0.1, 0.15) is 49.0 Å². The molecule has 2 heterocycles. The molecule has 27 heavy (non-hydrogen) atoms. The Morgan fingerprint density at radius 2 is 2.00 bits per heavy atom. The van der Waals surface area contributed by atoms with E-state index in [2.05, 4.69) is 11.4 Å². The Bertz CT molecular complexity index is 896. The van der Waals surface area contributed by atoms with Crippen LogP contribution in [0.25, 0.3) is 10.9 Å². The summed E-state index contributed by atoms with van der Waals surface area (Å²) in [5.41, 5.74) is 2.89. The second-order valence-electron chi connectivity index (χ2n) is 7.60. The van der Waals surface area contributed by atoms with Gasteiger partial charge in [0, 0.05) is 43.2 Å². The van der Waals surface area contributed by atoms with Crippen molar-refractivity contribution in [2.75, 3.05) is 13.1 Å². The number of likely N-dealkylation sites (tertiary alicyclic amines) is 1. The van der Waals surface area contributed by atoms with Crippen LogP contribution in [0.5, 0.6) is 0 Å². The summed E-state index contributed by atoms with van der Waals surface area (Å²) in [5.74, 6) is 0.557. The molecular formula is C22H27N3O2. The lowest BCUT2D eigenvalue weighted by molar-refractivity contribution is -0.130. The van der Waals surface area contributed by atoms with Crippen LogP contribution < -0.4 is 5.32 Å². The highest BCUT2D eigenvalue weighted by atomic mass is 16.2. The molecule has 1 N–H and O–H groups in total. The molecule has 1 aromatic carbocycles. The third-order valence-corrected chi connectivity index (χ3v) is 5.88. The molecule has 1 aromatic heterocycles. The number of benzene rings is 1. The maximum atomic E-state index is 12.7. The number of amides is 2. The molecule has 1 fully saturated rings. The van der Waals surface area contributed by atoms with Gasteiger partial charge >= 0.3 is 0 Å². The minimum Gasteiger partial charge on any atom is -0.350 e. The van der Waals surface area contributed by atoms with Crippen molar-refractivity contribution in [2.45, 2.75) is 38.5 Å². The number of rotatable bonds is 4. The zero-order valence-corrected chi connectivity index (χ0v) is 15.9. The monoisotopic (exact) mass is 365 g/mol. The van der Waals surface area contributed by atoms with E-state index in [-0.39, 0.29) is 11.8 Å². The molecule has 0 bridgehead atoms. The van der Waals surface area contributed by atoms with E-state index in [9.17, 15) is 9.59 Å². The molecule has 0 radical (unpaired) electrons. The van der Waals surface area contributed by atoms with Crippen LogP contribution in [0.2, 0.25) is 0 Å². The fourth-order valence-corrected chi connectivity index (χ4v) is 4.46. The minimum atomic E-state index is -0.130. The van der Waals surface area contributed by atoms with Gasteiger partial charge in [0.05, 0.1) is 0 Å². The topological polar surface area (TPSA) is 54.3 Å². The molecule has 1 saturated heterocycles. The molecule has 5 nitrogen and oxygen atoms in total. The van der Waals surface area contributed by atoms with Crippen LogP contribution >= 0.6 is 0 Å². The lowest BCUT2D eigenvalue weighted by atomic mass is 9.85. The van der Waals surface area contributed by atoms with Crippen LogP contribution in [-0.2, 0) is 11.8 Å². The van der Waals surface area contributed by atoms with E-state index in [1.54, 1.807) is 0 Å². The Morgan fingerprint density at radius 1 is 1.19 bits per heavy atom. The second kappa shape index (κ2) is 7.59. The fourth-order valence-electron chi connectivity index (χ4n) is 4.46. The molecule has 2 amide bonds. The molecule has 4 rings (SSSR count). The predicted octanol–water partition coefficient (Wildman–Crippen LogP) is 3.60. The Kier molecular flexibility index (Phi) is 5.01. The number of nitrogens with one attached hydrogen (secondary N) is 1. The first kappa shape index (κ1) is 17.8. The van der Waals surface area contributed by atoms with Crippen LogP contribution in [0.4, 0.5) is 0 Å². The number of para-hydroxylation sites is 1. The summed E-state index contributed by atoms with van der Waals surface area (Å²) in [7, 11) is 1.89. The van der Waals surface area contributed by atoms with Crippen molar-refractivity contribution in [3.05, 3.63) is 47.8 Å². The quantitative estimate of drug-likeness (QED) is 0.900. The molecule has 1 aliphatic heterocycles. The first-order valence-electron chi connectivity index (χ1n) is 9.98. The lowest BCUT2D eigenvalue weighted by Gasteiger charge is -2.38. The van der Waals surface area contributed by atoms with Gasteiger partial charge in [-0.05, 0) is 50.2 Å². The van der Waals surface area contributed by atoms with E-state index in [1.807, 2.05) is 46.8 Å². The van der Waals surface area contributed by atoms with Crippen LogP contribution in [0.3, 0.4) is 0 Å². The second-order valence-corrected chi connectivity index (χ2v) is 7.60. The molecule has 1 atom stereocenters. The molecule has 1 aliphatic carbocycles. The van der Waals surface area contributed by atoms with E-state index in [0.717, 1.165) is 30.3 Å². The Labute approximate surface area is 160 Å². The van der Waals surface area contributed by atoms with Gasteiger partial charge in [-0.3, -0.25) is 9.59 Å². The minimum absolute atomic E-state index is 0.130. The smallest absolute Gasteiger partial charge is 0.267 e.